The van der Waals surface area contributed by atoms with Gasteiger partial charge in [0.05, 0.1) is 25.2 Å². The first-order chi connectivity index (χ1) is 26.1. The molecule has 0 amide bonds. The SMILES string of the molecule is CCCCCCCCC=CCCCCCCCC(=O)O[C@H](COC(=O)CCCCCCCCCCCCCCCCC)COP(=O)(O)OC[C@H](N)C(=O)[O-].[Na+]. The number of allylic oxidation sites excluding steroid dienone is 2. The molecule has 3 atom stereocenters. The van der Waals surface area contributed by atoms with E-state index in [1.165, 1.54) is 109 Å². The van der Waals surface area contributed by atoms with Crippen molar-refractivity contribution < 1.29 is 77.0 Å². The number of phosphoric acid groups is 1. The number of carboxylic acid groups (broad SMARTS) is 1. The van der Waals surface area contributed by atoms with Crippen molar-refractivity contribution in [2.75, 3.05) is 19.8 Å². The molecule has 0 saturated carbocycles. The summed E-state index contributed by atoms with van der Waals surface area (Å²) in [6.07, 6.45) is 36.9. The zero-order valence-electron chi connectivity index (χ0n) is 35.3. The molecule has 0 aliphatic carbocycles. The first-order valence-electron chi connectivity index (χ1n) is 21.7. The van der Waals surface area contributed by atoms with E-state index in [1.807, 2.05) is 0 Å². The van der Waals surface area contributed by atoms with Crippen LogP contribution in [0.5, 0.6) is 0 Å². The topological polar surface area (TPSA) is 175 Å². The Morgan fingerprint density at radius 2 is 0.945 bits per heavy atom. The smallest absolute Gasteiger partial charge is 0.548 e. The molecule has 0 aromatic carbocycles. The molecule has 0 aromatic heterocycles. The van der Waals surface area contributed by atoms with Crippen molar-refractivity contribution in [3.05, 3.63) is 12.2 Å². The molecule has 0 rings (SSSR count). The van der Waals surface area contributed by atoms with Crippen LogP contribution in [0.25, 0.3) is 0 Å². The maximum atomic E-state index is 12.6. The van der Waals surface area contributed by atoms with E-state index in [1.54, 1.807) is 0 Å². The first-order valence-corrected chi connectivity index (χ1v) is 23.2. The monoisotopic (exact) mass is 812 g/mol. The Balaban J connectivity index is 0. The molecule has 0 bridgehead atoms. The predicted octanol–water partition coefficient (Wildman–Crippen LogP) is 6.96. The Morgan fingerprint density at radius 3 is 1.36 bits per heavy atom. The normalized spacial score (nSPS) is 13.6. The van der Waals surface area contributed by atoms with Crippen LogP contribution in [0.4, 0.5) is 0 Å². The molecule has 0 aromatic rings. The number of esters is 2. The number of aliphatic carboxylic acids is 1. The molecule has 13 heteroatoms. The number of carbonyl (C=O) groups excluding carboxylic acids is 3. The van der Waals surface area contributed by atoms with Crippen LogP contribution in [-0.2, 0) is 37.5 Å². The molecule has 0 aliphatic heterocycles. The van der Waals surface area contributed by atoms with Crippen LogP contribution >= 0.6 is 7.82 Å². The molecule has 3 N–H and O–H groups in total. The molecular weight excluding hydrogens is 732 g/mol. The van der Waals surface area contributed by atoms with Gasteiger partial charge in [-0.05, 0) is 38.5 Å². The van der Waals surface area contributed by atoms with E-state index in [4.69, 9.17) is 19.7 Å². The van der Waals surface area contributed by atoms with Gasteiger partial charge in [-0.25, -0.2) is 4.57 Å². The predicted molar refractivity (Wildman–Crippen MR) is 215 cm³/mol. The minimum Gasteiger partial charge on any atom is -0.548 e. The number of carbonyl (C=O) groups is 3. The van der Waals surface area contributed by atoms with Gasteiger partial charge in [-0.2, -0.15) is 0 Å². The van der Waals surface area contributed by atoms with Gasteiger partial charge in [0.15, 0.2) is 6.10 Å². The third-order valence-corrected chi connectivity index (χ3v) is 10.4. The van der Waals surface area contributed by atoms with E-state index >= 15 is 0 Å². The Hall–Kier alpha value is -0.780. The van der Waals surface area contributed by atoms with Crippen molar-refractivity contribution in [2.45, 2.75) is 219 Å². The number of nitrogens with two attached hydrogens (primary N) is 1. The molecule has 0 spiro atoms. The second kappa shape index (κ2) is 41.4. The van der Waals surface area contributed by atoms with E-state index in [0.717, 1.165) is 57.8 Å². The van der Waals surface area contributed by atoms with Gasteiger partial charge in [0, 0.05) is 12.8 Å². The van der Waals surface area contributed by atoms with Gasteiger partial charge in [-0.1, -0.05) is 167 Å². The van der Waals surface area contributed by atoms with E-state index in [2.05, 4.69) is 30.5 Å². The zero-order valence-corrected chi connectivity index (χ0v) is 38.2. The maximum absolute atomic E-state index is 12.6. The summed E-state index contributed by atoms with van der Waals surface area (Å²) in [5.41, 5.74) is 5.27. The van der Waals surface area contributed by atoms with Crippen molar-refractivity contribution in [1.29, 1.82) is 0 Å². The van der Waals surface area contributed by atoms with Crippen LogP contribution in [-0.4, -0.2) is 54.8 Å². The zero-order chi connectivity index (χ0) is 40.0. The van der Waals surface area contributed by atoms with Crippen LogP contribution in [0.15, 0.2) is 12.2 Å². The van der Waals surface area contributed by atoms with Gasteiger partial charge in [0.2, 0.25) is 0 Å². The minimum atomic E-state index is -4.74. The second-order valence-electron chi connectivity index (χ2n) is 14.8. The number of rotatable bonds is 41. The molecule has 0 saturated heterocycles. The van der Waals surface area contributed by atoms with Crippen molar-refractivity contribution in [1.82, 2.24) is 0 Å². The molecule has 0 aliphatic rings. The van der Waals surface area contributed by atoms with Gasteiger partial charge < -0.3 is 30.0 Å². The molecule has 0 fully saturated rings. The maximum Gasteiger partial charge on any atom is 1.00 e. The van der Waals surface area contributed by atoms with Gasteiger partial charge >= 0.3 is 49.3 Å². The third-order valence-electron chi connectivity index (χ3n) is 9.50. The summed E-state index contributed by atoms with van der Waals surface area (Å²) in [7, 11) is -4.74. The number of hydrogen-bond acceptors (Lipinski definition) is 10. The number of ether oxygens (including phenoxy) is 2. The summed E-state index contributed by atoms with van der Waals surface area (Å²) < 4.78 is 32.6. The van der Waals surface area contributed by atoms with E-state index < -0.39 is 51.1 Å². The molecule has 0 heterocycles. The van der Waals surface area contributed by atoms with Gasteiger partial charge in [0.25, 0.3) is 0 Å². The first kappa shape index (κ1) is 56.3. The largest absolute Gasteiger partial charge is 1.00 e. The van der Waals surface area contributed by atoms with Crippen molar-refractivity contribution in [2.24, 2.45) is 5.73 Å². The summed E-state index contributed by atoms with van der Waals surface area (Å²) in [4.78, 5) is 45.8. The standard InChI is InChI=1S/C42H80NO10P.Na/c1-3-5-7-9-11-13-15-17-19-21-23-25-27-29-31-33-40(44)50-35-38(36-51-54(48,49)52-37-39(43)42(46)47)53-41(45)34-32-30-28-26-24-22-20-18-16-14-12-10-8-6-4-2;/h18,20,38-39H,3-17,19,21-37,43H2,1-2H3,(H,46,47)(H,48,49);/q;+1/p-1/t38-,39+;/m1./s1. The fraction of sp³-hybridized carbons (Fsp3) is 0.881. The van der Waals surface area contributed by atoms with E-state index in [0.29, 0.717) is 12.8 Å². The third kappa shape index (κ3) is 41.2. The summed E-state index contributed by atoms with van der Waals surface area (Å²) in [6, 6.07) is -1.63. The molecule has 11 nitrogen and oxygen atoms in total. The van der Waals surface area contributed by atoms with Crippen molar-refractivity contribution >= 4 is 25.7 Å². The van der Waals surface area contributed by atoms with Crippen LogP contribution in [0.1, 0.15) is 206 Å². The fourth-order valence-corrected chi connectivity index (χ4v) is 6.84. The molecular formula is C42H79NNaO10P. The van der Waals surface area contributed by atoms with E-state index in [-0.39, 0.29) is 49.0 Å². The summed E-state index contributed by atoms with van der Waals surface area (Å²) in [6.45, 7) is 2.72. The van der Waals surface area contributed by atoms with Crippen molar-refractivity contribution in [3.8, 4) is 0 Å². The van der Waals surface area contributed by atoms with Gasteiger partial charge in [0.1, 0.15) is 6.61 Å². The number of carboxylic acids is 1. The number of hydrogen-bond donors (Lipinski definition) is 2. The van der Waals surface area contributed by atoms with Crippen LogP contribution in [0, 0.1) is 0 Å². The molecule has 318 valence electrons. The molecule has 1 unspecified atom stereocenters. The number of phosphoric ester groups is 1. The summed E-state index contributed by atoms with van der Waals surface area (Å²) in [5, 5.41) is 10.8. The Bertz CT molecular complexity index is 986. The molecule has 0 radical (unpaired) electrons. The Kier molecular flexibility index (Phi) is 42.4. The molecule has 55 heavy (non-hydrogen) atoms. The average Bonchev–Trinajstić information content (AvgIpc) is 3.14. The van der Waals surface area contributed by atoms with Crippen LogP contribution in [0.3, 0.4) is 0 Å². The number of unbranched alkanes of at least 4 members (excludes halogenated alkanes) is 25. The van der Waals surface area contributed by atoms with Crippen LogP contribution < -0.4 is 40.4 Å². The van der Waals surface area contributed by atoms with Gasteiger partial charge in [-0.15, -0.1) is 0 Å². The quantitative estimate of drug-likeness (QED) is 0.0215. The average molecular weight is 812 g/mol. The minimum absolute atomic E-state index is 0. The van der Waals surface area contributed by atoms with Crippen molar-refractivity contribution in [3.63, 3.8) is 0 Å². The van der Waals surface area contributed by atoms with Crippen LogP contribution in [0.2, 0.25) is 0 Å². The second-order valence-corrected chi connectivity index (χ2v) is 16.3. The summed E-state index contributed by atoms with van der Waals surface area (Å²) >= 11 is 0. The fourth-order valence-electron chi connectivity index (χ4n) is 6.06. The summed E-state index contributed by atoms with van der Waals surface area (Å²) in [5.74, 6) is -2.64. The Labute approximate surface area is 357 Å². The van der Waals surface area contributed by atoms with E-state index in [9.17, 15) is 28.9 Å². The Morgan fingerprint density at radius 1 is 0.582 bits per heavy atom. The van der Waals surface area contributed by atoms with Gasteiger partial charge in [-0.3, -0.25) is 18.6 Å².